The van der Waals surface area contributed by atoms with E-state index in [1.54, 1.807) is 0 Å². The number of aliphatic hydroxyl groups excluding tert-OH is 1. The Labute approximate surface area is 232 Å². The SMILES string of the molecule is CC(=O)NCCCCCC(=O)Nc1ccc([C@H]2O[C@@H](CN3CCCCC3)C[C@@H](c3ccc(CO)cc3)O2)cc1. The summed E-state index contributed by atoms with van der Waals surface area (Å²) < 4.78 is 12.9. The number of carbonyl (C=O) groups excluding carboxylic acids is 2. The molecule has 4 rings (SSSR count). The van der Waals surface area contributed by atoms with Gasteiger partial charge in [0.05, 0.1) is 18.8 Å². The van der Waals surface area contributed by atoms with Crippen molar-refractivity contribution in [3.63, 3.8) is 0 Å². The summed E-state index contributed by atoms with van der Waals surface area (Å²) >= 11 is 0. The van der Waals surface area contributed by atoms with Gasteiger partial charge in [0, 0.05) is 44.1 Å². The molecular weight excluding hydrogens is 494 g/mol. The van der Waals surface area contributed by atoms with E-state index in [1.165, 1.54) is 26.2 Å². The van der Waals surface area contributed by atoms with Gasteiger partial charge < -0.3 is 30.1 Å². The maximum atomic E-state index is 12.4. The lowest BCUT2D eigenvalue weighted by Gasteiger charge is -2.39. The molecule has 2 heterocycles. The van der Waals surface area contributed by atoms with Crippen molar-refractivity contribution in [3.05, 3.63) is 65.2 Å². The van der Waals surface area contributed by atoms with Crippen molar-refractivity contribution in [1.82, 2.24) is 10.2 Å². The largest absolute Gasteiger partial charge is 0.392 e. The van der Waals surface area contributed by atoms with E-state index in [4.69, 9.17) is 9.47 Å². The molecule has 0 unspecified atom stereocenters. The summed E-state index contributed by atoms with van der Waals surface area (Å²) in [4.78, 5) is 25.8. The monoisotopic (exact) mass is 537 g/mol. The number of piperidine rings is 1. The minimum Gasteiger partial charge on any atom is -0.392 e. The zero-order chi connectivity index (χ0) is 27.5. The van der Waals surface area contributed by atoms with Gasteiger partial charge in [0.1, 0.15) is 0 Å². The van der Waals surface area contributed by atoms with Crippen molar-refractivity contribution >= 4 is 17.5 Å². The molecule has 3 atom stereocenters. The summed E-state index contributed by atoms with van der Waals surface area (Å²) in [6.45, 7) is 5.31. The summed E-state index contributed by atoms with van der Waals surface area (Å²) in [7, 11) is 0. The Morgan fingerprint density at radius 2 is 1.64 bits per heavy atom. The molecule has 2 aliphatic heterocycles. The molecule has 0 bridgehead atoms. The van der Waals surface area contributed by atoms with Crippen LogP contribution in [0.3, 0.4) is 0 Å². The molecule has 2 aliphatic rings. The molecule has 2 aromatic rings. The number of carbonyl (C=O) groups is 2. The number of amides is 2. The topological polar surface area (TPSA) is 100 Å². The van der Waals surface area contributed by atoms with Crippen LogP contribution in [0.25, 0.3) is 0 Å². The van der Waals surface area contributed by atoms with E-state index in [2.05, 4.69) is 15.5 Å². The Balaban J connectivity index is 1.34. The van der Waals surface area contributed by atoms with Crippen molar-refractivity contribution in [2.45, 2.75) is 83.4 Å². The molecule has 0 aliphatic carbocycles. The highest BCUT2D eigenvalue weighted by Gasteiger charge is 2.33. The molecule has 0 saturated carbocycles. The third kappa shape index (κ3) is 9.42. The van der Waals surface area contributed by atoms with Crippen molar-refractivity contribution in [1.29, 1.82) is 0 Å². The van der Waals surface area contributed by atoms with Gasteiger partial charge in [0.25, 0.3) is 0 Å². The average molecular weight is 538 g/mol. The Bertz CT molecular complexity index is 1040. The molecule has 8 heteroatoms. The number of nitrogens with one attached hydrogen (secondary N) is 2. The minimum absolute atomic E-state index is 0.0135. The van der Waals surface area contributed by atoms with Crippen LogP contribution in [0.1, 0.15) is 87.4 Å². The second-order valence-electron chi connectivity index (χ2n) is 10.7. The highest BCUT2D eigenvalue weighted by molar-refractivity contribution is 5.90. The number of likely N-dealkylation sites (tertiary alicyclic amines) is 1. The smallest absolute Gasteiger partial charge is 0.224 e. The Kier molecular flexibility index (Phi) is 11.3. The molecule has 212 valence electrons. The van der Waals surface area contributed by atoms with E-state index in [0.717, 1.165) is 67.7 Å². The molecule has 8 nitrogen and oxygen atoms in total. The fourth-order valence-electron chi connectivity index (χ4n) is 5.26. The van der Waals surface area contributed by atoms with Crippen molar-refractivity contribution in [3.8, 4) is 0 Å². The van der Waals surface area contributed by atoms with Gasteiger partial charge in [-0.1, -0.05) is 49.2 Å². The first-order chi connectivity index (χ1) is 19.0. The van der Waals surface area contributed by atoms with E-state index >= 15 is 0 Å². The molecule has 2 aromatic carbocycles. The lowest BCUT2D eigenvalue weighted by molar-refractivity contribution is -0.253. The van der Waals surface area contributed by atoms with Crippen LogP contribution in [0.5, 0.6) is 0 Å². The molecule has 0 aromatic heterocycles. The first-order valence-electron chi connectivity index (χ1n) is 14.4. The van der Waals surface area contributed by atoms with Gasteiger partial charge in [-0.2, -0.15) is 0 Å². The third-order valence-electron chi connectivity index (χ3n) is 7.45. The van der Waals surface area contributed by atoms with Crippen molar-refractivity contribution < 1.29 is 24.2 Å². The van der Waals surface area contributed by atoms with Gasteiger partial charge in [0.2, 0.25) is 11.8 Å². The fourth-order valence-corrected chi connectivity index (χ4v) is 5.26. The van der Waals surface area contributed by atoms with Crippen LogP contribution >= 0.6 is 0 Å². The molecule has 0 radical (unpaired) electrons. The van der Waals surface area contributed by atoms with Crippen LogP contribution in [-0.4, -0.2) is 54.1 Å². The van der Waals surface area contributed by atoms with E-state index in [1.807, 2.05) is 48.5 Å². The molecule has 39 heavy (non-hydrogen) atoms. The van der Waals surface area contributed by atoms with Crippen LogP contribution in [0.4, 0.5) is 5.69 Å². The normalized spacial score (nSPS) is 21.8. The average Bonchev–Trinajstić information content (AvgIpc) is 2.95. The summed E-state index contributed by atoms with van der Waals surface area (Å²) in [6, 6.07) is 15.7. The zero-order valence-electron chi connectivity index (χ0n) is 23.1. The minimum atomic E-state index is -0.496. The lowest BCUT2D eigenvalue weighted by Crippen LogP contribution is -2.41. The quantitative estimate of drug-likeness (QED) is 0.335. The van der Waals surface area contributed by atoms with E-state index in [0.29, 0.717) is 13.0 Å². The number of unbranched alkanes of at least 4 members (excludes halogenated alkanes) is 2. The Morgan fingerprint density at radius 1 is 0.923 bits per heavy atom. The number of hydrogen-bond donors (Lipinski definition) is 3. The van der Waals surface area contributed by atoms with Gasteiger partial charge in [0.15, 0.2) is 6.29 Å². The molecular formula is C31H43N3O5. The number of ether oxygens (including phenoxy) is 2. The predicted octanol–water partition coefficient (Wildman–Crippen LogP) is 4.85. The summed E-state index contributed by atoms with van der Waals surface area (Å²) in [5, 5.41) is 15.2. The van der Waals surface area contributed by atoms with Gasteiger partial charge >= 0.3 is 0 Å². The maximum Gasteiger partial charge on any atom is 0.224 e. The third-order valence-corrected chi connectivity index (χ3v) is 7.45. The first-order valence-corrected chi connectivity index (χ1v) is 14.4. The van der Waals surface area contributed by atoms with Gasteiger partial charge in [-0.3, -0.25) is 9.59 Å². The molecule has 2 saturated heterocycles. The van der Waals surface area contributed by atoms with E-state index in [-0.39, 0.29) is 30.6 Å². The fraction of sp³-hybridized carbons (Fsp3) is 0.548. The molecule has 3 N–H and O–H groups in total. The van der Waals surface area contributed by atoms with Crippen molar-refractivity contribution in [2.75, 3.05) is 31.5 Å². The summed E-state index contributed by atoms with van der Waals surface area (Å²) in [5.41, 5.74) is 3.64. The van der Waals surface area contributed by atoms with Crippen LogP contribution in [0.2, 0.25) is 0 Å². The molecule has 2 amide bonds. The second-order valence-corrected chi connectivity index (χ2v) is 10.7. The number of hydrogen-bond acceptors (Lipinski definition) is 6. The van der Waals surface area contributed by atoms with Crippen LogP contribution in [0, 0.1) is 0 Å². The lowest BCUT2D eigenvalue weighted by atomic mass is 9.99. The highest BCUT2D eigenvalue weighted by Crippen LogP contribution is 2.38. The van der Waals surface area contributed by atoms with E-state index < -0.39 is 6.29 Å². The standard InChI is InChI=1S/C31H43N3O5/c1-23(36)32-17-5-2-4-8-30(37)33-27-15-13-26(14-16-27)31-38-28(21-34-18-6-3-7-19-34)20-29(39-31)25-11-9-24(22-35)10-12-25/h9-16,28-29,31,35H,2-8,17-22H2,1H3,(H,32,36)(H,33,37)/t28-,29+,31+/m1/s1. The second kappa shape index (κ2) is 15.1. The van der Waals surface area contributed by atoms with Crippen LogP contribution in [0.15, 0.2) is 48.5 Å². The maximum absolute atomic E-state index is 12.4. The summed E-state index contributed by atoms with van der Waals surface area (Å²) in [5.74, 6) is -0.0367. The van der Waals surface area contributed by atoms with Gasteiger partial charge in [-0.15, -0.1) is 0 Å². The first kappa shape index (κ1) is 29.2. The summed E-state index contributed by atoms with van der Waals surface area (Å²) in [6.07, 6.45) is 7.01. The number of benzene rings is 2. The van der Waals surface area contributed by atoms with Gasteiger partial charge in [-0.25, -0.2) is 0 Å². The van der Waals surface area contributed by atoms with E-state index in [9.17, 15) is 14.7 Å². The number of nitrogens with zero attached hydrogens (tertiary/aromatic N) is 1. The Morgan fingerprint density at radius 3 is 2.33 bits per heavy atom. The Hall–Kier alpha value is -2.78. The number of aliphatic hydroxyl groups is 1. The van der Waals surface area contributed by atoms with Crippen LogP contribution in [-0.2, 0) is 25.7 Å². The molecule has 0 spiro atoms. The molecule has 2 fully saturated rings. The van der Waals surface area contributed by atoms with Crippen LogP contribution < -0.4 is 10.6 Å². The van der Waals surface area contributed by atoms with Crippen molar-refractivity contribution in [2.24, 2.45) is 0 Å². The number of rotatable bonds is 12. The predicted molar refractivity (Wildman–Crippen MR) is 151 cm³/mol. The highest BCUT2D eigenvalue weighted by atomic mass is 16.7. The zero-order valence-corrected chi connectivity index (χ0v) is 23.1. The number of anilines is 1. The van der Waals surface area contributed by atoms with Gasteiger partial charge in [-0.05, 0) is 62.0 Å².